The smallest absolute Gasteiger partial charge is 0.228 e. The predicted molar refractivity (Wildman–Crippen MR) is 78.6 cm³/mol. The summed E-state index contributed by atoms with van der Waals surface area (Å²) < 4.78 is 0. The van der Waals surface area contributed by atoms with E-state index < -0.39 is 5.60 Å². The van der Waals surface area contributed by atoms with E-state index in [0.29, 0.717) is 11.7 Å². The highest BCUT2D eigenvalue weighted by Crippen LogP contribution is 2.32. The molecule has 1 unspecified atom stereocenters. The Hall–Kier alpha value is -1.36. The van der Waals surface area contributed by atoms with Crippen LogP contribution in [-0.2, 0) is 4.79 Å². The number of rotatable bonds is 6. The molecule has 0 aliphatic heterocycles. The van der Waals surface area contributed by atoms with E-state index in [1.54, 1.807) is 0 Å². The van der Waals surface area contributed by atoms with Crippen molar-refractivity contribution in [3.63, 3.8) is 0 Å². The number of amides is 1. The molecule has 1 saturated carbocycles. The second kappa shape index (κ2) is 6.39. The molecule has 3 N–H and O–H groups in total. The molecule has 1 aromatic rings. The van der Waals surface area contributed by atoms with Gasteiger partial charge in [-0.25, -0.2) is 0 Å². The van der Waals surface area contributed by atoms with Gasteiger partial charge in [-0.05, 0) is 25.2 Å². The predicted octanol–water partition coefficient (Wildman–Crippen LogP) is 2.95. The first-order chi connectivity index (χ1) is 9.52. The van der Waals surface area contributed by atoms with Gasteiger partial charge in [0.25, 0.3) is 0 Å². The Kier molecular flexibility index (Phi) is 4.81. The van der Waals surface area contributed by atoms with Crippen LogP contribution in [0.3, 0.4) is 0 Å². The van der Waals surface area contributed by atoms with E-state index in [2.05, 4.69) is 29.4 Å². The van der Waals surface area contributed by atoms with Crippen LogP contribution in [0.2, 0.25) is 0 Å². The summed E-state index contributed by atoms with van der Waals surface area (Å²) in [7, 11) is 0. The van der Waals surface area contributed by atoms with Crippen molar-refractivity contribution in [3.8, 4) is 0 Å². The van der Waals surface area contributed by atoms with Crippen LogP contribution in [0.5, 0.6) is 0 Å². The van der Waals surface area contributed by atoms with E-state index in [0.717, 1.165) is 44.2 Å². The van der Waals surface area contributed by atoms with Crippen LogP contribution in [0.25, 0.3) is 0 Å². The van der Waals surface area contributed by atoms with E-state index in [4.69, 9.17) is 0 Å². The number of nitrogens with one attached hydrogen (secondary N) is 2. The van der Waals surface area contributed by atoms with Crippen molar-refractivity contribution in [2.24, 2.45) is 0 Å². The van der Waals surface area contributed by atoms with Gasteiger partial charge in [0.1, 0.15) is 0 Å². The highest BCUT2D eigenvalue weighted by molar-refractivity contribution is 5.90. The molecule has 2 rings (SSSR count). The van der Waals surface area contributed by atoms with E-state index in [1.165, 1.54) is 0 Å². The molecule has 1 aromatic heterocycles. The van der Waals surface area contributed by atoms with Gasteiger partial charge in [0.2, 0.25) is 5.91 Å². The fraction of sp³-hybridized carbons (Fsp3) is 0.733. The van der Waals surface area contributed by atoms with Gasteiger partial charge in [-0.15, -0.1) is 0 Å². The zero-order valence-corrected chi connectivity index (χ0v) is 12.4. The van der Waals surface area contributed by atoms with Gasteiger partial charge in [-0.1, -0.05) is 33.1 Å². The molecular weight excluding hydrogens is 254 g/mol. The maximum absolute atomic E-state index is 12.0. The highest BCUT2D eigenvalue weighted by atomic mass is 16.3. The molecule has 20 heavy (non-hydrogen) atoms. The third kappa shape index (κ3) is 3.82. The number of aliphatic hydroxyl groups is 1. The van der Waals surface area contributed by atoms with Crippen molar-refractivity contribution >= 4 is 11.7 Å². The SMILES string of the molecule is CCCC(C)c1cc(NC(=O)CC2(O)CCCC2)n[nH]1. The van der Waals surface area contributed by atoms with E-state index in [1.807, 2.05) is 6.07 Å². The van der Waals surface area contributed by atoms with Gasteiger partial charge in [-0.3, -0.25) is 9.89 Å². The molecule has 1 fully saturated rings. The standard InChI is InChI=1S/C15H25N3O2/c1-3-6-11(2)12-9-13(18-17-12)16-14(19)10-15(20)7-4-5-8-15/h9,11,20H,3-8,10H2,1-2H3,(H2,16,17,18,19). The van der Waals surface area contributed by atoms with Crippen molar-refractivity contribution in [2.45, 2.75) is 70.3 Å². The Labute approximate surface area is 120 Å². The third-order valence-electron chi connectivity index (χ3n) is 4.14. The molecule has 5 nitrogen and oxygen atoms in total. The molecule has 1 aliphatic rings. The average Bonchev–Trinajstić information content (AvgIpc) is 2.99. The van der Waals surface area contributed by atoms with Gasteiger partial charge in [-0.2, -0.15) is 5.10 Å². The van der Waals surface area contributed by atoms with Crippen molar-refractivity contribution < 1.29 is 9.90 Å². The summed E-state index contributed by atoms with van der Waals surface area (Å²) in [4.78, 5) is 12.0. The number of carbonyl (C=O) groups excluding carboxylic acids is 1. The lowest BCUT2D eigenvalue weighted by Crippen LogP contribution is -2.30. The first-order valence-corrected chi connectivity index (χ1v) is 7.60. The van der Waals surface area contributed by atoms with Gasteiger partial charge in [0.05, 0.1) is 12.0 Å². The summed E-state index contributed by atoms with van der Waals surface area (Å²) in [6.45, 7) is 4.29. The number of aromatic amines is 1. The van der Waals surface area contributed by atoms with Crippen LogP contribution in [0.1, 0.15) is 70.4 Å². The molecular formula is C15H25N3O2. The summed E-state index contributed by atoms with van der Waals surface area (Å²) in [5.74, 6) is 0.808. The summed E-state index contributed by atoms with van der Waals surface area (Å²) in [5.41, 5.74) is 0.236. The molecule has 1 amide bonds. The lowest BCUT2D eigenvalue weighted by atomic mass is 9.98. The minimum Gasteiger partial charge on any atom is -0.389 e. The van der Waals surface area contributed by atoms with Gasteiger partial charge in [0.15, 0.2) is 5.82 Å². The van der Waals surface area contributed by atoms with Gasteiger partial charge < -0.3 is 10.4 Å². The Balaban J connectivity index is 1.88. The number of anilines is 1. The van der Waals surface area contributed by atoms with Crippen LogP contribution in [0.15, 0.2) is 6.07 Å². The van der Waals surface area contributed by atoms with Crippen molar-refractivity contribution in [3.05, 3.63) is 11.8 Å². The maximum Gasteiger partial charge on any atom is 0.228 e. The molecule has 0 spiro atoms. The topological polar surface area (TPSA) is 78.0 Å². The fourth-order valence-corrected chi connectivity index (χ4v) is 2.94. The second-order valence-electron chi connectivity index (χ2n) is 6.05. The minimum atomic E-state index is -0.807. The molecule has 0 saturated heterocycles. The fourth-order valence-electron chi connectivity index (χ4n) is 2.94. The normalized spacial score (nSPS) is 18.9. The zero-order chi connectivity index (χ0) is 14.6. The quantitative estimate of drug-likeness (QED) is 0.749. The van der Waals surface area contributed by atoms with Crippen LogP contribution in [-0.4, -0.2) is 26.8 Å². The number of hydrogen-bond donors (Lipinski definition) is 3. The average molecular weight is 279 g/mol. The molecule has 0 aromatic carbocycles. The molecule has 5 heteroatoms. The Morgan fingerprint density at radius 1 is 1.55 bits per heavy atom. The lowest BCUT2D eigenvalue weighted by Gasteiger charge is -2.20. The summed E-state index contributed by atoms with van der Waals surface area (Å²) >= 11 is 0. The van der Waals surface area contributed by atoms with Crippen molar-refractivity contribution in [1.82, 2.24) is 10.2 Å². The summed E-state index contributed by atoms with van der Waals surface area (Å²) in [6, 6.07) is 1.89. The maximum atomic E-state index is 12.0. The number of nitrogens with zero attached hydrogens (tertiary/aromatic N) is 1. The Bertz CT molecular complexity index is 450. The number of carbonyl (C=O) groups is 1. The third-order valence-corrected chi connectivity index (χ3v) is 4.14. The van der Waals surface area contributed by atoms with E-state index >= 15 is 0 Å². The van der Waals surface area contributed by atoms with E-state index in [-0.39, 0.29) is 12.3 Å². The van der Waals surface area contributed by atoms with Crippen LogP contribution < -0.4 is 5.32 Å². The Morgan fingerprint density at radius 2 is 2.25 bits per heavy atom. The van der Waals surface area contributed by atoms with Gasteiger partial charge >= 0.3 is 0 Å². The molecule has 1 atom stereocenters. The minimum absolute atomic E-state index is 0.157. The first kappa shape index (κ1) is 15.0. The molecule has 0 radical (unpaired) electrons. The Morgan fingerprint density at radius 3 is 2.90 bits per heavy atom. The second-order valence-corrected chi connectivity index (χ2v) is 6.05. The highest BCUT2D eigenvalue weighted by Gasteiger charge is 2.33. The molecule has 0 bridgehead atoms. The number of aromatic nitrogens is 2. The molecule has 1 aliphatic carbocycles. The van der Waals surface area contributed by atoms with Crippen molar-refractivity contribution in [2.75, 3.05) is 5.32 Å². The number of H-pyrrole nitrogens is 1. The van der Waals surface area contributed by atoms with Crippen molar-refractivity contribution in [1.29, 1.82) is 0 Å². The number of hydrogen-bond acceptors (Lipinski definition) is 3. The zero-order valence-electron chi connectivity index (χ0n) is 12.4. The lowest BCUT2D eigenvalue weighted by molar-refractivity contribution is -0.120. The van der Waals surface area contributed by atoms with Gasteiger partial charge in [0, 0.05) is 11.8 Å². The summed E-state index contributed by atoms with van der Waals surface area (Å²) in [5, 5.41) is 20.1. The molecule has 112 valence electrons. The van der Waals surface area contributed by atoms with Crippen LogP contribution in [0.4, 0.5) is 5.82 Å². The molecule has 1 heterocycles. The first-order valence-electron chi connectivity index (χ1n) is 7.60. The van der Waals surface area contributed by atoms with Crippen LogP contribution in [0, 0.1) is 0 Å². The van der Waals surface area contributed by atoms with E-state index in [9.17, 15) is 9.90 Å². The summed E-state index contributed by atoms with van der Waals surface area (Å²) in [6.07, 6.45) is 5.83. The van der Waals surface area contributed by atoms with Crippen LogP contribution >= 0.6 is 0 Å². The monoisotopic (exact) mass is 279 g/mol. The largest absolute Gasteiger partial charge is 0.389 e.